The molecule has 2 aromatic heterocycles. The Balaban J connectivity index is 1.65. The molecule has 0 aliphatic carbocycles. The molecule has 29 heavy (non-hydrogen) atoms. The van der Waals surface area contributed by atoms with Gasteiger partial charge < -0.3 is 4.74 Å². The van der Waals surface area contributed by atoms with Crippen LogP contribution in [0.15, 0.2) is 58.5 Å². The zero-order valence-corrected chi connectivity index (χ0v) is 16.2. The van der Waals surface area contributed by atoms with E-state index in [0.29, 0.717) is 27.6 Å². The van der Waals surface area contributed by atoms with E-state index >= 15 is 0 Å². The maximum atomic E-state index is 12.8. The summed E-state index contributed by atoms with van der Waals surface area (Å²) in [7, 11) is 1.60. The third-order valence-corrected chi connectivity index (χ3v) is 5.17. The van der Waals surface area contributed by atoms with Gasteiger partial charge in [0.1, 0.15) is 18.1 Å². The molecule has 0 saturated carbocycles. The molecule has 0 spiro atoms. The zero-order chi connectivity index (χ0) is 20.2. The first-order valence-corrected chi connectivity index (χ1v) is 9.61. The fraction of sp³-hybridized carbons (Fsp3) is 0.158. The number of benzene rings is 2. The minimum absolute atomic E-state index is 0.0734. The lowest BCUT2D eigenvalue weighted by atomic mass is 10.2. The lowest BCUT2D eigenvalue weighted by Gasteiger charge is -2.10. The van der Waals surface area contributed by atoms with Crippen LogP contribution in [0.5, 0.6) is 5.75 Å². The molecule has 0 atom stereocenters. The summed E-state index contributed by atoms with van der Waals surface area (Å²) in [5, 5.41) is 22.0. The molecular weight excluding hydrogens is 390 g/mol. The number of methoxy groups -OCH3 is 1. The van der Waals surface area contributed by atoms with Gasteiger partial charge in [-0.1, -0.05) is 23.9 Å². The Morgan fingerprint density at radius 3 is 2.72 bits per heavy atom. The van der Waals surface area contributed by atoms with Crippen molar-refractivity contribution in [3.8, 4) is 17.5 Å². The summed E-state index contributed by atoms with van der Waals surface area (Å²) in [6.45, 7) is -0.0734. The second kappa shape index (κ2) is 8.12. The second-order valence-electron chi connectivity index (χ2n) is 5.95. The third kappa shape index (κ3) is 3.68. The molecule has 4 aromatic rings. The van der Waals surface area contributed by atoms with Crippen molar-refractivity contribution in [3.05, 3.63) is 64.7 Å². The number of hydrogen-bond donors (Lipinski definition) is 0. The molecule has 0 aliphatic rings. The number of aromatic nitrogens is 6. The molecule has 0 bridgehead atoms. The average Bonchev–Trinajstić information content (AvgIpc) is 3.23. The smallest absolute Gasteiger partial charge is 0.262 e. The Morgan fingerprint density at radius 2 is 1.97 bits per heavy atom. The standard InChI is InChI=1S/C19H15N7O2S/c1-28-14-8-6-13(7-9-14)26-19(22-23-24-26)29-12-17-21-16-5-3-2-4-15(16)18(27)25(17)11-10-20/h2-9H,11-12H2,1H3. The Hall–Kier alpha value is -3.71. The second-order valence-corrected chi connectivity index (χ2v) is 6.90. The highest BCUT2D eigenvalue weighted by molar-refractivity contribution is 7.98. The topological polar surface area (TPSA) is 112 Å². The van der Waals surface area contributed by atoms with Crippen LogP contribution < -0.4 is 10.3 Å². The molecule has 0 saturated heterocycles. The van der Waals surface area contributed by atoms with Crippen LogP contribution >= 0.6 is 11.8 Å². The van der Waals surface area contributed by atoms with Crippen LogP contribution in [0.25, 0.3) is 16.6 Å². The maximum absolute atomic E-state index is 12.8. The predicted octanol–water partition coefficient (Wildman–Crippen LogP) is 2.20. The van der Waals surface area contributed by atoms with E-state index in [1.165, 1.54) is 16.3 Å². The highest BCUT2D eigenvalue weighted by atomic mass is 32.2. The molecular formula is C19H15N7O2S. The molecule has 0 N–H and O–H groups in total. The molecule has 0 fully saturated rings. The van der Waals surface area contributed by atoms with E-state index in [0.717, 1.165) is 11.4 Å². The number of nitriles is 1. The van der Waals surface area contributed by atoms with E-state index in [-0.39, 0.29) is 12.1 Å². The van der Waals surface area contributed by atoms with Crippen LogP contribution in [0.3, 0.4) is 0 Å². The van der Waals surface area contributed by atoms with Crippen molar-refractivity contribution in [2.24, 2.45) is 0 Å². The lowest BCUT2D eigenvalue weighted by molar-refractivity contribution is 0.414. The minimum Gasteiger partial charge on any atom is -0.497 e. The Labute approximate surface area is 169 Å². The summed E-state index contributed by atoms with van der Waals surface area (Å²) in [5.41, 5.74) is 1.14. The van der Waals surface area contributed by atoms with E-state index in [1.807, 2.05) is 36.4 Å². The highest BCUT2D eigenvalue weighted by Gasteiger charge is 2.14. The van der Waals surface area contributed by atoms with Gasteiger partial charge >= 0.3 is 0 Å². The van der Waals surface area contributed by atoms with Crippen LogP contribution in [-0.2, 0) is 12.3 Å². The van der Waals surface area contributed by atoms with Crippen LogP contribution in [0.1, 0.15) is 5.82 Å². The molecule has 0 unspecified atom stereocenters. The van der Waals surface area contributed by atoms with Gasteiger partial charge in [0.25, 0.3) is 5.56 Å². The Kier molecular flexibility index (Phi) is 5.22. The van der Waals surface area contributed by atoms with E-state index in [4.69, 9.17) is 10.00 Å². The number of rotatable bonds is 6. The Morgan fingerprint density at radius 1 is 1.17 bits per heavy atom. The van der Waals surface area contributed by atoms with Crippen molar-refractivity contribution < 1.29 is 4.74 Å². The van der Waals surface area contributed by atoms with Gasteiger partial charge in [0.05, 0.1) is 35.5 Å². The third-order valence-electron chi connectivity index (χ3n) is 4.26. The van der Waals surface area contributed by atoms with Crippen molar-refractivity contribution in [3.63, 3.8) is 0 Å². The summed E-state index contributed by atoms with van der Waals surface area (Å²) in [6, 6.07) is 16.5. The molecule has 4 rings (SSSR count). The number of para-hydroxylation sites is 1. The quantitative estimate of drug-likeness (QED) is 0.449. The lowest BCUT2D eigenvalue weighted by Crippen LogP contribution is -2.24. The normalized spacial score (nSPS) is 10.8. The van der Waals surface area contributed by atoms with Gasteiger partial charge in [0.2, 0.25) is 5.16 Å². The van der Waals surface area contributed by atoms with Gasteiger partial charge in [-0.2, -0.15) is 9.94 Å². The molecule has 10 heteroatoms. The first-order valence-electron chi connectivity index (χ1n) is 8.62. The summed E-state index contributed by atoms with van der Waals surface area (Å²) in [4.78, 5) is 17.3. The van der Waals surface area contributed by atoms with Crippen molar-refractivity contribution in [2.75, 3.05) is 7.11 Å². The molecule has 0 radical (unpaired) electrons. The SMILES string of the molecule is COc1ccc(-n2nnnc2SCc2nc3ccccc3c(=O)n2CC#N)cc1. The summed E-state index contributed by atoms with van der Waals surface area (Å²) in [6.07, 6.45) is 0. The Bertz CT molecular complexity index is 1260. The molecule has 2 aromatic carbocycles. The molecule has 144 valence electrons. The van der Waals surface area contributed by atoms with E-state index in [1.54, 1.807) is 30.0 Å². The van der Waals surface area contributed by atoms with Gasteiger partial charge in [-0.15, -0.1) is 5.10 Å². The van der Waals surface area contributed by atoms with Gasteiger partial charge in [-0.05, 0) is 46.8 Å². The van der Waals surface area contributed by atoms with Crippen molar-refractivity contribution in [1.29, 1.82) is 5.26 Å². The first kappa shape index (κ1) is 18.6. The fourth-order valence-electron chi connectivity index (χ4n) is 2.84. The minimum atomic E-state index is -0.234. The van der Waals surface area contributed by atoms with Crippen LogP contribution in [0, 0.1) is 11.3 Å². The summed E-state index contributed by atoms with van der Waals surface area (Å²) in [5.74, 6) is 1.56. The summed E-state index contributed by atoms with van der Waals surface area (Å²) < 4.78 is 8.15. The molecule has 9 nitrogen and oxygen atoms in total. The number of fused-ring (bicyclic) bond motifs is 1. The number of thioether (sulfide) groups is 1. The van der Waals surface area contributed by atoms with Crippen LogP contribution in [0.2, 0.25) is 0 Å². The van der Waals surface area contributed by atoms with Crippen LogP contribution in [-0.4, -0.2) is 36.9 Å². The molecule has 2 heterocycles. The van der Waals surface area contributed by atoms with E-state index in [9.17, 15) is 4.79 Å². The van der Waals surface area contributed by atoms with Gasteiger partial charge in [0.15, 0.2) is 0 Å². The highest BCUT2D eigenvalue weighted by Crippen LogP contribution is 2.23. The average molecular weight is 405 g/mol. The van der Waals surface area contributed by atoms with Crippen LogP contribution in [0.4, 0.5) is 0 Å². The van der Waals surface area contributed by atoms with Gasteiger partial charge in [-0.3, -0.25) is 9.36 Å². The van der Waals surface area contributed by atoms with Gasteiger partial charge in [-0.25, -0.2) is 4.98 Å². The number of hydrogen-bond acceptors (Lipinski definition) is 8. The predicted molar refractivity (Wildman–Crippen MR) is 107 cm³/mol. The first-order chi connectivity index (χ1) is 14.2. The van der Waals surface area contributed by atoms with E-state index in [2.05, 4.69) is 20.5 Å². The van der Waals surface area contributed by atoms with E-state index < -0.39 is 0 Å². The largest absolute Gasteiger partial charge is 0.497 e. The van der Waals surface area contributed by atoms with Crippen molar-refractivity contribution in [2.45, 2.75) is 17.5 Å². The van der Waals surface area contributed by atoms with Crippen molar-refractivity contribution in [1.82, 2.24) is 29.8 Å². The van der Waals surface area contributed by atoms with Gasteiger partial charge in [0, 0.05) is 0 Å². The fourth-order valence-corrected chi connectivity index (χ4v) is 3.68. The number of nitrogens with zero attached hydrogens (tertiary/aromatic N) is 7. The monoisotopic (exact) mass is 405 g/mol. The number of ether oxygens (including phenoxy) is 1. The summed E-state index contributed by atoms with van der Waals surface area (Å²) >= 11 is 1.33. The maximum Gasteiger partial charge on any atom is 0.262 e. The number of tetrazole rings is 1. The molecule has 0 aliphatic heterocycles. The molecule has 0 amide bonds. The van der Waals surface area contributed by atoms with Crippen molar-refractivity contribution >= 4 is 22.7 Å². The zero-order valence-electron chi connectivity index (χ0n) is 15.4.